The van der Waals surface area contributed by atoms with E-state index < -0.39 is 0 Å². The summed E-state index contributed by atoms with van der Waals surface area (Å²) in [5.74, 6) is 0.761. The second-order valence-electron chi connectivity index (χ2n) is 8.08. The SMILES string of the molecule is Cc1cccc(C)c1CC1(C#N)CCC(C(C)(C)C)CC1. The van der Waals surface area contributed by atoms with Gasteiger partial charge in [0.25, 0.3) is 0 Å². The van der Waals surface area contributed by atoms with Gasteiger partial charge in [0, 0.05) is 0 Å². The zero-order chi connectivity index (χ0) is 15.7. The molecule has 0 heterocycles. The van der Waals surface area contributed by atoms with E-state index in [-0.39, 0.29) is 5.41 Å². The molecular formula is C20H29N. The van der Waals surface area contributed by atoms with E-state index in [2.05, 4.69) is 58.9 Å². The second-order valence-corrected chi connectivity index (χ2v) is 8.08. The van der Waals surface area contributed by atoms with E-state index in [1.807, 2.05) is 0 Å². The molecule has 1 saturated carbocycles. The number of nitriles is 1. The lowest BCUT2D eigenvalue weighted by molar-refractivity contribution is 0.120. The van der Waals surface area contributed by atoms with E-state index >= 15 is 0 Å². The van der Waals surface area contributed by atoms with Crippen LogP contribution in [-0.4, -0.2) is 0 Å². The van der Waals surface area contributed by atoms with Gasteiger partial charge < -0.3 is 0 Å². The molecule has 0 saturated heterocycles. The van der Waals surface area contributed by atoms with Crippen LogP contribution in [0.5, 0.6) is 0 Å². The molecule has 0 aromatic heterocycles. The van der Waals surface area contributed by atoms with Gasteiger partial charge in [0.1, 0.15) is 0 Å². The quantitative estimate of drug-likeness (QED) is 0.694. The first-order valence-corrected chi connectivity index (χ1v) is 8.24. The summed E-state index contributed by atoms with van der Waals surface area (Å²) in [5.41, 5.74) is 4.30. The van der Waals surface area contributed by atoms with Gasteiger partial charge in [0.15, 0.2) is 0 Å². The molecule has 0 unspecified atom stereocenters. The van der Waals surface area contributed by atoms with Crippen molar-refractivity contribution in [3.63, 3.8) is 0 Å². The third-order valence-electron chi connectivity index (χ3n) is 5.56. The molecule has 0 aliphatic heterocycles. The highest BCUT2D eigenvalue weighted by Gasteiger charge is 2.39. The minimum absolute atomic E-state index is 0.140. The van der Waals surface area contributed by atoms with E-state index in [1.54, 1.807) is 0 Å². The van der Waals surface area contributed by atoms with Gasteiger partial charge in [-0.05, 0) is 74.0 Å². The number of hydrogen-bond acceptors (Lipinski definition) is 1. The van der Waals surface area contributed by atoms with Gasteiger partial charge >= 0.3 is 0 Å². The topological polar surface area (TPSA) is 23.8 Å². The Morgan fingerprint density at radius 3 is 2.10 bits per heavy atom. The zero-order valence-electron chi connectivity index (χ0n) is 14.3. The highest BCUT2D eigenvalue weighted by atomic mass is 14.4. The molecule has 0 spiro atoms. The normalized spacial score (nSPS) is 26.4. The fraction of sp³-hybridized carbons (Fsp3) is 0.650. The Morgan fingerprint density at radius 1 is 1.14 bits per heavy atom. The van der Waals surface area contributed by atoms with Crippen LogP contribution in [0.3, 0.4) is 0 Å². The molecule has 1 heteroatoms. The van der Waals surface area contributed by atoms with E-state index in [1.165, 1.54) is 29.5 Å². The third kappa shape index (κ3) is 3.49. The van der Waals surface area contributed by atoms with Gasteiger partial charge in [-0.2, -0.15) is 5.26 Å². The summed E-state index contributed by atoms with van der Waals surface area (Å²) in [6.45, 7) is 11.4. The van der Waals surface area contributed by atoms with Crippen LogP contribution in [0.2, 0.25) is 0 Å². The van der Waals surface area contributed by atoms with Gasteiger partial charge in [-0.1, -0.05) is 39.0 Å². The summed E-state index contributed by atoms with van der Waals surface area (Å²) in [6, 6.07) is 9.16. The number of benzene rings is 1. The van der Waals surface area contributed by atoms with Gasteiger partial charge in [0.05, 0.1) is 11.5 Å². The fourth-order valence-electron chi connectivity index (χ4n) is 3.83. The van der Waals surface area contributed by atoms with Crippen molar-refractivity contribution in [2.45, 2.75) is 66.7 Å². The summed E-state index contributed by atoms with van der Waals surface area (Å²) in [5, 5.41) is 9.82. The van der Waals surface area contributed by atoms with E-state index in [9.17, 15) is 5.26 Å². The molecule has 0 radical (unpaired) electrons. The van der Waals surface area contributed by atoms with Crippen molar-refractivity contribution in [3.8, 4) is 6.07 Å². The van der Waals surface area contributed by atoms with Gasteiger partial charge in [-0.3, -0.25) is 0 Å². The highest BCUT2D eigenvalue weighted by Crippen LogP contribution is 2.47. The Labute approximate surface area is 130 Å². The van der Waals surface area contributed by atoms with Crippen molar-refractivity contribution in [3.05, 3.63) is 34.9 Å². The molecule has 0 amide bonds. The van der Waals surface area contributed by atoms with Crippen molar-refractivity contribution in [1.82, 2.24) is 0 Å². The van der Waals surface area contributed by atoms with Crippen LogP contribution < -0.4 is 0 Å². The molecule has 21 heavy (non-hydrogen) atoms. The Hall–Kier alpha value is -1.29. The summed E-state index contributed by atoms with van der Waals surface area (Å²) in [7, 11) is 0. The average Bonchev–Trinajstić information content (AvgIpc) is 2.43. The van der Waals surface area contributed by atoms with E-state index in [4.69, 9.17) is 0 Å². The molecule has 1 aliphatic rings. The van der Waals surface area contributed by atoms with Crippen LogP contribution in [0.25, 0.3) is 0 Å². The van der Waals surface area contributed by atoms with Crippen molar-refractivity contribution < 1.29 is 0 Å². The lowest BCUT2D eigenvalue weighted by Gasteiger charge is -2.41. The summed E-state index contributed by atoms with van der Waals surface area (Å²) in [6.07, 6.45) is 5.43. The molecular weight excluding hydrogens is 254 g/mol. The molecule has 1 fully saturated rings. The fourth-order valence-corrected chi connectivity index (χ4v) is 3.83. The van der Waals surface area contributed by atoms with Gasteiger partial charge in [0.2, 0.25) is 0 Å². The largest absolute Gasteiger partial charge is 0.198 e. The molecule has 2 rings (SSSR count). The standard InChI is InChI=1S/C20H29N/c1-15-7-6-8-16(2)18(15)13-20(14-21)11-9-17(10-12-20)19(3,4)5/h6-8,17H,9-13H2,1-5H3. The molecule has 0 bridgehead atoms. The van der Waals surface area contributed by atoms with Gasteiger partial charge in [-0.25, -0.2) is 0 Å². The Balaban J connectivity index is 2.17. The average molecular weight is 283 g/mol. The zero-order valence-corrected chi connectivity index (χ0v) is 14.3. The molecule has 1 nitrogen and oxygen atoms in total. The number of rotatable bonds is 2. The maximum atomic E-state index is 9.82. The first-order valence-electron chi connectivity index (χ1n) is 8.24. The van der Waals surface area contributed by atoms with Crippen LogP contribution in [0.1, 0.15) is 63.1 Å². The second kappa shape index (κ2) is 5.84. The minimum Gasteiger partial charge on any atom is -0.198 e. The monoisotopic (exact) mass is 283 g/mol. The molecule has 1 aromatic rings. The summed E-state index contributed by atoms with van der Waals surface area (Å²) in [4.78, 5) is 0. The molecule has 0 N–H and O–H groups in total. The molecule has 0 atom stereocenters. The number of hydrogen-bond donors (Lipinski definition) is 0. The highest BCUT2D eigenvalue weighted by molar-refractivity contribution is 5.35. The molecule has 1 aromatic carbocycles. The minimum atomic E-state index is -0.140. The first-order chi connectivity index (χ1) is 9.77. The number of nitrogens with zero attached hydrogens (tertiary/aromatic N) is 1. The summed E-state index contributed by atoms with van der Waals surface area (Å²) < 4.78 is 0. The van der Waals surface area contributed by atoms with Crippen molar-refractivity contribution in [2.75, 3.05) is 0 Å². The summed E-state index contributed by atoms with van der Waals surface area (Å²) >= 11 is 0. The maximum absolute atomic E-state index is 9.82. The van der Waals surface area contributed by atoms with Crippen molar-refractivity contribution in [2.24, 2.45) is 16.7 Å². The maximum Gasteiger partial charge on any atom is 0.0693 e. The first kappa shape index (κ1) is 16.1. The predicted molar refractivity (Wildman–Crippen MR) is 89.1 cm³/mol. The van der Waals surface area contributed by atoms with Crippen LogP contribution >= 0.6 is 0 Å². The van der Waals surface area contributed by atoms with E-state index in [0.717, 1.165) is 25.2 Å². The smallest absolute Gasteiger partial charge is 0.0693 e. The Kier molecular flexibility index (Phi) is 4.47. The van der Waals surface area contributed by atoms with E-state index in [0.29, 0.717) is 5.41 Å². The lowest BCUT2D eigenvalue weighted by atomic mass is 9.62. The number of aryl methyl sites for hydroxylation is 2. The van der Waals surface area contributed by atoms with Crippen LogP contribution in [0.4, 0.5) is 0 Å². The van der Waals surface area contributed by atoms with Crippen LogP contribution in [0.15, 0.2) is 18.2 Å². The van der Waals surface area contributed by atoms with Crippen LogP contribution in [0, 0.1) is 41.9 Å². The van der Waals surface area contributed by atoms with Crippen LogP contribution in [-0.2, 0) is 6.42 Å². The Bertz CT molecular complexity index is 514. The van der Waals surface area contributed by atoms with Crippen molar-refractivity contribution >= 4 is 0 Å². The van der Waals surface area contributed by atoms with Gasteiger partial charge in [-0.15, -0.1) is 0 Å². The predicted octanol–water partition coefficient (Wildman–Crippen LogP) is 5.59. The van der Waals surface area contributed by atoms with Crippen molar-refractivity contribution in [1.29, 1.82) is 5.26 Å². The molecule has 114 valence electrons. The lowest BCUT2D eigenvalue weighted by Crippen LogP contribution is -2.33. The molecule has 1 aliphatic carbocycles. The Morgan fingerprint density at radius 2 is 1.67 bits per heavy atom. The third-order valence-corrected chi connectivity index (χ3v) is 5.56.